The lowest BCUT2D eigenvalue weighted by molar-refractivity contribution is 0.00578. The molecule has 0 unspecified atom stereocenters. The SMILES string of the molecule is CC.CC(C)(/C=C/B1OC(C)(C)C(C)(C)O1)c1ccc(C(C)(C)/C=C/B2OC(C)(C)C(C)(C)O2)s1. The first kappa shape index (κ1) is 30.4. The fourth-order valence-electron chi connectivity index (χ4n) is 3.77. The summed E-state index contributed by atoms with van der Waals surface area (Å²) in [5.74, 6) is 4.11. The first-order chi connectivity index (χ1) is 15.8. The van der Waals surface area contributed by atoms with E-state index in [9.17, 15) is 0 Å². The molecule has 3 heterocycles. The third-order valence-electron chi connectivity index (χ3n) is 7.76. The van der Waals surface area contributed by atoms with Crippen LogP contribution in [0.5, 0.6) is 0 Å². The molecule has 1 aromatic heterocycles. The third kappa shape index (κ3) is 6.54. The molecule has 0 saturated carbocycles. The molecular formula is C28H48B2O4S. The average Bonchev–Trinajstić information content (AvgIpc) is 3.35. The molecule has 196 valence electrons. The Morgan fingerprint density at radius 2 is 0.857 bits per heavy atom. The van der Waals surface area contributed by atoms with Gasteiger partial charge in [0, 0.05) is 20.6 Å². The molecule has 7 heteroatoms. The quantitative estimate of drug-likeness (QED) is 0.374. The number of allylic oxidation sites excluding steroid dienone is 2. The van der Waals surface area contributed by atoms with Crippen molar-refractivity contribution in [2.45, 2.75) is 130 Å². The second-order valence-electron chi connectivity index (χ2n) is 12.6. The van der Waals surface area contributed by atoms with Crippen LogP contribution in [0.2, 0.25) is 0 Å². The Kier molecular flexibility index (Phi) is 8.79. The van der Waals surface area contributed by atoms with E-state index in [0.717, 1.165) is 0 Å². The predicted octanol–water partition coefficient (Wildman–Crippen LogP) is 7.70. The van der Waals surface area contributed by atoms with Crippen LogP contribution in [0.3, 0.4) is 0 Å². The molecule has 2 saturated heterocycles. The van der Waals surface area contributed by atoms with Gasteiger partial charge in [0.2, 0.25) is 0 Å². The Morgan fingerprint density at radius 3 is 1.11 bits per heavy atom. The normalized spacial score (nSPS) is 23.3. The smallest absolute Gasteiger partial charge is 0.400 e. The predicted molar refractivity (Wildman–Crippen MR) is 152 cm³/mol. The topological polar surface area (TPSA) is 36.9 Å². The molecule has 0 atom stereocenters. The van der Waals surface area contributed by atoms with E-state index in [1.165, 1.54) is 9.75 Å². The van der Waals surface area contributed by atoms with Gasteiger partial charge in [-0.05, 0) is 67.5 Å². The van der Waals surface area contributed by atoms with Crippen molar-refractivity contribution in [3.63, 3.8) is 0 Å². The summed E-state index contributed by atoms with van der Waals surface area (Å²) in [6, 6.07) is 4.47. The summed E-state index contributed by atoms with van der Waals surface area (Å²) >= 11 is 1.85. The summed E-state index contributed by atoms with van der Waals surface area (Å²) < 4.78 is 24.5. The summed E-state index contributed by atoms with van der Waals surface area (Å²) in [5, 5.41) is 0. The van der Waals surface area contributed by atoms with Crippen molar-refractivity contribution in [1.82, 2.24) is 0 Å². The minimum atomic E-state index is -0.326. The molecule has 0 aliphatic carbocycles. The van der Waals surface area contributed by atoms with E-state index in [0.29, 0.717) is 0 Å². The van der Waals surface area contributed by atoms with Crippen LogP contribution >= 0.6 is 11.3 Å². The van der Waals surface area contributed by atoms with Crippen LogP contribution in [0.4, 0.5) is 0 Å². The van der Waals surface area contributed by atoms with Crippen molar-refractivity contribution < 1.29 is 18.6 Å². The molecule has 2 fully saturated rings. The van der Waals surface area contributed by atoms with Crippen molar-refractivity contribution in [3.8, 4) is 0 Å². The Morgan fingerprint density at radius 1 is 0.600 bits per heavy atom. The minimum Gasteiger partial charge on any atom is -0.400 e. The van der Waals surface area contributed by atoms with Gasteiger partial charge in [-0.1, -0.05) is 65.6 Å². The highest BCUT2D eigenvalue weighted by Gasteiger charge is 2.51. The van der Waals surface area contributed by atoms with Crippen molar-refractivity contribution in [1.29, 1.82) is 0 Å². The number of thiophene rings is 1. The average molecular weight is 502 g/mol. The van der Waals surface area contributed by atoms with Gasteiger partial charge >= 0.3 is 14.2 Å². The molecular weight excluding hydrogens is 454 g/mol. The van der Waals surface area contributed by atoms with Gasteiger partial charge in [-0.2, -0.15) is 0 Å². The largest absolute Gasteiger partial charge is 0.486 e. The molecule has 4 nitrogen and oxygen atoms in total. The summed E-state index contributed by atoms with van der Waals surface area (Å²) in [5.41, 5.74) is -1.55. The molecule has 2 aliphatic heterocycles. The van der Waals surface area contributed by atoms with E-state index in [4.69, 9.17) is 18.6 Å². The molecule has 0 N–H and O–H groups in total. The zero-order valence-electron chi connectivity index (χ0n) is 24.7. The summed E-state index contributed by atoms with van der Waals surface area (Å²) in [6.45, 7) is 29.6. The second-order valence-corrected chi connectivity index (χ2v) is 13.7. The highest BCUT2D eigenvalue weighted by Crippen LogP contribution is 2.41. The molecule has 0 amide bonds. The molecule has 0 aromatic carbocycles. The summed E-state index contributed by atoms with van der Waals surface area (Å²) in [4.78, 5) is 2.62. The first-order valence-corrected chi connectivity index (χ1v) is 13.8. The Labute approximate surface area is 220 Å². The first-order valence-electron chi connectivity index (χ1n) is 13.0. The van der Waals surface area contributed by atoms with E-state index in [2.05, 4.69) is 119 Å². The maximum Gasteiger partial charge on any atom is 0.486 e. The van der Waals surface area contributed by atoms with E-state index >= 15 is 0 Å². The second kappa shape index (κ2) is 10.1. The van der Waals surface area contributed by atoms with Crippen LogP contribution in [0.25, 0.3) is 0 Å². The van der Waals surface area contributed by atoms with Gasteiger partial charge in [0.1, 0.15) is 0 Å². The molecule has 0 radical (unpaired) electrons. The van der Waals surface area contributed by atoms with Gasteiger partial charge in [0.15, 0.2) is 0 Å². The highest BCUT2D eigenvalue weighted by molar-refractivity contribution is 7.12. The maximum atomic E-state index is 6.13. The highest BCUT2D eigenvalue weighted by atomic mass is 32.1. The fraction of sp³-hybridized carbons (Fsp3) is 0.714. The Bertz CT molecular complexity index is 821. The fourth-order valence-corrected chi connectivity index (χ4v) is 4.94. The zero-order chi connectivity index (χ0) is 27.1. The monoisotopic (exact) mass is 502 g/mol. The molecule has 35 heavy (non-hydrogen) atoms. The van der Waals surface area contributed by atoms with Crippen LogP contribution < -0.4 is 0 Å². The molecule has 0 bridgehead atoms. The van der Waals surface area contributed by atoms with Gasteiger partial charge in [-0.15, -0.1) is 11.3 Å². The van der Waals surface area contributed by atoms with Crippen LogP contribution in [0, 0.1) is 0 Å². The van der Waals surface area contributed by atoms with Crippen molar-refractivity contribution in [3.05, 3.63) is 46.0 Å². The van der Waals surface area contributed by atoms with Gasteiger partial charge in [0.05, 0.1) is 22.4 Å². The Hall–Kier alpha value is -0.850. The van der Waals surface area contributed by atoms with Gasteiger partial charge in [-0.3, -0.25) is 0 Å². The zero-order valence-corrected chi connectivity index (χ0v) is 25.5. The van der Waals surface area contributed by atoms with Crippen molar-refractivity contribution in [2.24, 2.45) is 0 Å². The minimum absolute atomic E-state index is 0.127. The summed E-state index contributed by atoms with van der Waals surface area (Å²) in [6.07, 6.45) is 4.41. The molecule has 3 rings (SSSR count). The van der Waals surface area contributed by atoms with E-state index in [1.807, 2.05) is 25.2 Å². The van der Waals surface area contributed by atoms with E-state index < -0.39 is 0 Å². The van der Waals surface area contributed by atoms with E-state index in [1.54, 1.807) is 0 Å². The lowest BCUT2D eigenvalue weighted by Gasteiger charge is -2.32. The van der Waals surface area contributed by atoms with Gasteiger partial charge in [0.25, 0.3) is 0 Å². The number of hydrogen-bond donors (Lipinski definition) is 0. The Balaban J connectivity index is 0.00000210. The lowest BCUT2D eigenvalue weighted by atomic mass is 9.82. The van der Waals surface area contributed by atoms with E-state index in [-0.39, 0.29) is 47.5 Å². The number of rotatable bonds is 6. The third-order valence-corrected chi connectivity index (χ3v) is 9.52. The lowest BCUT2D eigenvalue weighted by Crippen LogP contribution is -2.41. The van der Waals surface area contributed by atoms with Crippen LogP contribution in [0.1, 0.15) is 107 Å². The molecule has 2 aliphatic rings. The summed E-state index contributed by atoms with van der Waals surface area (Å²) in [7, 11) is -0.652. The number of hydrogen-bond acceptors (Lipinski definition) is 5. The van der Waals surface area contributed by atoms with Gasteiger partial charge < -0.3 is 18.6 Å². The van der Waals surface area contributed by atoms with Crippen LogP contribution in [-0.4, -0.2) is 36.6 Å². The van der Waals surface area contributed by atoms with Crippen molar-refractivity contribution in [2.75, 3.05) is 0 Å². The molecule has 0 spiro atoms. The maximum absolute atomic E-state index is 6.13. The molecule has 1 aromatic rings. The van der Waals surface area contributed by atoms with Crippen molar-refractivity contribution >= 4 is 25.6 Å². The van der Waals surface area contributed by atoms with Crippen LogP contribution in [-0.2, 0) is 29.4 Å². The standard InChI is InChI=1S/C26H42B2O4S.C2H6/c1-21(2,15-17-27-29-23(5,6)24(7,8)30-27)19-13-14-20(33-19)22(3,4)16-18-28-31-25(9,10)26(11,12)32-28;1-2/h13-18H,1-12H3;1-2H3/b17-15+,18-16+;. The van der Waals surface area contributed by atoms with Gasteiger partial charge in [-0.25, -0.2) is 0 Å². The van der Waals surface area contributed by atoms with Crippen LogP contribution in [0.15, 0.2) is 36.2 Å².